The number of amides is 1. The Morgan fingerprint density at radius 3 is 2.56 bits per heavy atom. The third-order valence-corrected chi connectivity index (χ3v) is 5.66. The highest BCUT2D eigenvalue weighted by Gasteiger charge is 2.13. The number of ether oxygens (including phenoxy) is 2. The molecule has 1 amide bonds. The van der Waals surface area contributed by atoms with Crippen LogP contribution in [0.1, 0.15) is 17.3 Å². The van der Waals surface area contributed by atoms with Crippen LogP contribution >= 0.6 is 43.2 Å². The van der Waals surface area contributed by atoms with Gasteiger partial charge >= 0.3 is 0 Å². The van der Waals surface area contributed by atoms with Crippen molar-refractivity contribution in [3.8, 4) is 22.8 Å². The maximum absolute atomic E-state index is 12.5. The molecule has 0 unspecified atom stereocenters. The number of methoxy groups -OCH3 is 1. The molecular weight excluding hydrogens is 496 g/mol. The fourth-order valence-corrected chi connectivity index (χ4v) is 4.12. The SMILES string of the molecule is CCOc1ccc(C(=O)Nc2nc(-c3ccc(OC)c(Br)c3)cs2)cc1Br. The molecule has 3 aromatic rings. The summed E-state index contributed by atoms with van der Waals surface area (Å²) in [6.07, 6.45) is 0. The second kappa shape index (κ2) is 8.86. The van der Waals surface area contributed by atoms with Crippen LogP contribution in [0.25, 0.3) is 11.3 Å². The predicted molar refractivity (Wildman–Crippen MR) is 115 cm³/mol. The average molecular weight is 512 g/mol. The zero-order chi connectivity index (χ0) is 19.4. The van der Waals surface area contributed by atoms with Gasteiger partial charge in [0.25, 0.3) is 5.91 Å². The number of aromatic nitrogens is 1. The number of rotatable bonds is 6. The molecule has 0 saturated heterocycles. The van der Waals surface area contributed by atoms with Gasteiger partial charge in [-0.25, -0.2) is 4.98 Å². The van der Waals surface area contributed by atoms with Gasteiger partial charge in [-0.3, -0.25) is 10.1 Å². The van der Waals surface area contributed by atoms with E-state index in [0.717, 1.165) is 26.0 Å². The number of halogens is 2. The van der Waals surface area contributed by atoms with Gasteiger partial charge in [0, 0.05) is 16.5 Å². The number of anilines is 1. The van der Waals surface area contributed by atoms with Crippen LogP contribution in [-0.4, -0.2) is 24.6 Å². The summed E-state index contributed by atoms with van der Waals surface area (Å²) in [4.78, 5) is 17.0. The van der Waals surface area contributed by atoms with Crippen LogP contribution in [0.2, 0.25) is 0 Å². The van der Waals surface area contributed by atoms with E-state index in [4.69, 9.17) is 9.47 Å². The molecule has 0 aliphatic rings. The summed E-state index contributed by atoms with van der Waals surface area (Å²) in [5, 5.41) is 5.27. The molecule has 2 aromatic carbocycles. The van der Waals surface area contributed by atoms with Crippen LogP contribution in [0.3, 0.4) is 0 Å². The Morgan fingerprint density at radius 1 is 1.15 bits per heavy atom. The number of nitrogens with zero attached hydrogens (tertiary/aromatic N) is 1. The van der Waals surface area contributed by atoms with E-state index in [2.05, 4.69) is 42.2 Å². The molecule has 0 saturated carbocycles. The zero-order valence-electron chi connectivity index (χ0n) is 14.6. The third kappa shape index (κ3) is 4.69. The monoisotopic (exact) mass is 510 g/mol. The molecule has 0 aliphatic carbocycles. The topological polar surface area (TPSA) is 60.5 Å². The van der Waals surface area contributed by atoms with E-state index in [0.29, 0.717) is 23.1 Å². The quantitative estimate of drug-likeness (QED) is 0.441. The molecule has 0 radical (unpaired) electrons. The Bertz CT molecular complexity index is 975. The second-order valence-electron chi connectivity index (χ2n) is 5.42. The molecule has 8 heteroatoms. The lowest BCUT2D eigenvalue weighted by atomic mass is 10.2. The maximum atomic E-state index is 12.5. The molecule has 0 bridgehead atoms. The third-order valence-electron chi connectivity index (χ3n) is 3.67. The smallest absolute Gasteiger partial charge is 0.257 e. The highest BCUT2D eigenvalue weighted by atomic mass is 79.9. The number of thiazole rings is 1. The summed E-state index contributed by atoms with van der Waals surface area (Å²) in [6, 6.07) is 11.0. The normalized spacial score (nSPS) is 10.5. The van der Waals surface area contributed by atoms with Gasteiger partial charge in [0.1, 0.15) is 11.5 Å². The van der Waals surface area contributed by atoms with Crippen LogP contribution in [0, 0.1) is 0 Å². The van der Waals surface area contributed by atoms with Crippen molar-refractivity contribution in [3.63, 3.8) is 0 Å². The van der Waals surface area contributed by atoms with E-state index in [1.165, 1.54) is 11.3 Å². The van der Waals surface area contributed by atoms with Gasteiger partial charge in [-0.1, -0.05) is 0 Å². The lowest BCUT2D eigenvalue weighted by Gasteiger charge is -2.07. The van der Waals surface area contributed by atoms with Crippen LogP contribution in [0.5, 0.6) is 11.5 Å². The van der Waals surface area contributed by atoms with Gasteiger partial charge in [-0.2, -0.15) is 0 Å². The van der Waals surface area contributed by atoms with Gasteiger partial charge < -0.3 is 9.47 Å². The minimum Gasteiger partial charge on any atom is -0.496 e. The van der Waals surface area contributed by atoms with Crippen molar-refractivity contribution in [3.05, 3.63) is 56.3 Å². The number of hydrogen-bond donors (Lipinski definition) is 1. The van der Waals surface area contributed by atoms with Crippen molar-refractivity contribution in [2.45, 2.75) is 6.92 Å². The summed E-state index contributed by atoms with van der Waals surface area (Å²) in [5.74, 6) is 1.23. The first-order valence-corrected chi connectivity index (χ1v) is 10.5. The summed E-state index contributed by atoms with van der Waals surface area (Å²) in [7, 11) is 1.62. The molecule has 1 heterocycles. The van der Waals surface area contributed by atoms with Gasteiger partial charge in [-0.15, -0.1) is 11.3 Å². The zero-order valence-corrected chi connectivity index (χ0v) is 18.6. The predicted octanol–water partition coefficient (Wildman–Crippen LogP) is 5.99. The minimum atomic E-state index is -0.226. The fraction of sp³-hybridized carbons (Fsp3) is 0.158. The Balaban J connectivity index is 1.74. The molecular formula is C19H16Br2N2O3S. The van der Waals surface area contributed by atoms with Crippen molar-refractivity contribution in [1.29, 1.82) is 0 Å². The summed E-state index contributed by atoms with van der Waals surface area (Å²) < 4.78 is 12.3. The molecule has 5 nitrogen and oxygen atoms in total. The largest absolute Gasteiger partial charge is 0.496 e. The van der Waals surface area contributed by atoms with E-state index in [1.54, 1.807) is 25.3 Å². The highest BCUT2D eigenvalue weighted by Crippen LogP contribution is 2.32. The molecule has 3 rings (SSSR count). The highest BCUT2D eigenvalue weighted by molar-refractivity contribution is 9.10. The van der Waals surface area contributed by atoms with Gasteiger partial charge in [0.2, 0.25) is 0 Å². The molecule has 0 spiro atoms. The van der Waals surface area contributed by atoms with Gasteiger partial charge in [0.15, 0.2) is 5.13 Å². The van der Waals surface area contributed by atoms with E-state index >= 15 is 0 Å². The summed E-state index contributed by atoms with van der Waals surface area (Å²) in [5.41, 5.74) is 2.24. The first-order valence-electron chi connectivity index (χ1n) is 8.05. The van der Waals surface area contributed by atoms with E-state index in [1.807, 2.05) is 30.5 Å². The summed E-state index contributed by atoms with van der Waals surface area (Å²) >= 11 is 8.27. The lowest BCUT2D eigenvalue weighted by molar-refractivity contribution is 0.102. The van der Waals surface area contributed by atoms with E-state index in [9.17, 15) is 4.79 Å². The Hall–Kier alpha value is -1.90. The number of hydrogen-bond acceptors (Lipinski definition) is 5. The summed E-state index contributed by atoms with van der Waals surface area (Å²) in [6.45, 7) is 2.47. The van der Waals surface area contributed by atoms with Crippen molar-refractivity contribution < 1.29 is 14.3 Å². The second-order valence-corrected chi connectivity index (χ2v) is 7.99. The molecule has 140 valence electrons. The van der Waals surface area contributed by atoms with Crippen molar-refractivity contribution >= 4 is 54.2 Å². The molecule has 0 fully saturated rings. The molecule has 1 aromatic heterocycles. The van der Waals surface area contributed by atoms with Crippen molar-refractivity contribution in [2.24, 2.45) is 0 Å². The number of benzene rings is 2. The van der Waals surface area contributed by atoms with Crippen LogP contribution in [-0.2, 0) is 0 Å². The number of carbonyl (C=O) groups excluding carboxylic acids is 1. The van der Waals surface area contributed by atoms with Gasteiger partial charge in [-0.05, 0) is 75.2 Å². The van der Waals surface area contributed by atoms with Crippen LogP contribution in [0.4, 0.5) is 5.13 Å². The van der Waals surface area contributed by atoms with Crippen LogP contribution < -0.4 is 14.8 Å². The molecule has 27 heavy (non-hydrogen) atoms. The minimum absolute atomic E-state index is 0.226. The van der Waals surface area contributed by atoms with E-state index < -0.39 is 0 Å². The molecule has 0 aliphatic heterocycles. The average Bonchev–Trinajstić information content (AvgIpc) is 3.12. The standard InChI is InChI=1S/C19H16Br2N2O3S/c1-3-26-17-7-5-12(9-14(17)21)18(24)23-19-22-15(10-27-19)11-4-6-16(25-2)13(20)8-11/h4-10H,3H2,1-2H3,(H,22,23,24). The molecule has 1 N–H and O–H groups in total. The fourth-order valence-electron chi connectivity index (χ4n) is 2.37. The van der Waals surface area contributed by atoms with Crippen molar-refractivity contribution in [1.82, 2.24) is 4.98 Å². The number of carbonyl (C=O) groups is 1. The molecule has 0 atom stereocenters. The maximum Gasteiger partial charge on any atom is 0.257 e. The Kier molecular flexibility index (Phi) is 6.51. The first-order chi connectivity index (χ1) is 13.0. The lowest BCUT2D eigenvalue weighted by Crippen LogP contribution is -2.11. The Labute approximate surface area is 178 Å². The number of nitrogens with one attached hydrogen (secondary N) is 1. The van der Waals surface area contributed by atoms with Gasteiger partial charge in [0.05, 0.1) is 28.4 Å². The van der Waals surface area contributed by atoms with Crippen LogP contribution in [0.15, 0.2) is 50.7 Å². The Morgan fingerprint density at radius 2 is 1.89 bits per heavy atom. The first kappa shape index (κ1) is 19.9. The van der Waals surface area contributed by atoms with Crippen molar-refractivity contribution in [2.75, 3.05) is 19.0 Å². The van der Waals surface area contributed by atoms with E-state index in [-0.39, 0.29) is 5.91 Å².